The Hall–Kier alpha value is -4.85. The molecule has 0 spiro atoms. The minimum atomic E-state index is -1.82. The molecule has 234 valence electrons. The summed E-state index contributed by atoms with van der Waals surface area (Å²) in [6.45, 7) is 3.38. The van der Waals surface area contributed by atoms with Gasteiger partial charge in [0.05, 0.1) is 18.8 Å². The zero-order valence-electron chi connectivity index (χ0n) is 23.8. The molecule has 2 aliphatic heterocycles. The quantitative estimate of drug-likeness (QED) is 0.136. The third-order valence-electron chi connectivity index (χ3n) is 6.66. The topological polar surface area (TPSA) is 220 Å². The third kappa shape index (κ3) is 9.07. The lowest BCUT2D eigenvalue weighted by Crippen LogP contribution is -2.33. The number of carboxylic acid groups (broad SMARTS) is 2. The molecule has 0 unspecified atom stereocenters. The third-order valence-corrected chi connectivity index (χ3v) is 6.66. The molecule has 16 heteroatoms. The number of anilines is 1. The fourth-order valence-corrected chi connectivity index (χ4v) is 4.43. The predicted octanol–water partition coefficient (Wildman–Crippen LogP) is 1.12. The number of nitriles is 1. The summed E-state index contributed by atoms with van der Waals surface area (Å²) < 4.78 is 24.2. The predicted molar refractivity (Wildman–Crippen MR) is 152 cm³/mol. The van der Waals surface area contributed by atoms with Crippen LogP contribution >= 0.6 is 0 Å². The van der Waals surface area contributed by atoms with Crippen LogP contribution in [0.3, 0.4) is 0 Å². The number of aliphatic carboxylic acids is 2. The number of rotatable bonds is 11. The maximum Gasteiger partial charge on any atom is 0.414 e. The Morgan fingerprint density at radius 1 is 1.09 bits per heavy atom. The molecule has 0 saturated carbocycles. The molecule has 0 aromatic carbocycles. The van der Waals surface area contributed by atoms with E-state index < -0.39 is 11.9 Å². The Kier molecular flexibility index (Phi) is 11.8. The lowest BCUT2D eigenvalue weighted by atomic mass is 10.1. The van der Waals surface area contributed by atoms with Gasteiger partial charge in [0.1, 0.15) is 43.0 Å². The van der Waals surface area contributed by atoms with Gasteiger partial charge in [-0.05, 0) is 44.4 Å². The van der Waals surface area contributed by atoms with Gasteiger partial charge in [0.25, 0.3) is 0 Å². The van der Waals surface area contributed by atoms with Gasteiger partial charge >= 0.3 is 17.9 Å². The molecular weight excluding hydrogens is 578 g/mol. The molecular formula is C28H33N7O9. The summed E-state index contributed by atoms with van der Waals surface area (Å²) in [6, 6.07) is 7.40. The molecule has 2 fully saturated rings. The van der Waals surface area contributed by atoms with Gasteiger partial charge in [0.2, 0.25) is 0 Å². The average Bonchev–Trinajstić information content (AvgIpc) is 3.72. The van der Waals surface area contributed by atoms with Crippen molar-refractivity contribution in [3.63, 3.8) is 0 Å². The van der Waals surface area contributed by atoms with E-state index in [-0.39, 0.29) is 24.7 Å². The molecule has 0 radical (unpaired) electrons. The highest BCUT2D eigenvalue weighted by atomic mass is 16.6. The summed E-state index contributed by atoms with van der Waals surface area (Å²) in [4.78, 5) is 43.8. The van der Waals surface area contributed by atoms with Gasteiger partial charge in [-0.1, -0.05) is 0 Å². The van der Waals surface area contributed by atoms with Gasteiger partial charge in [-0.3, -0.25) is 9.36 Å². The lowest BCUT2D eigenvalue weighted by molar-refractivity contribution is -0.159. The monoisotopic (exact) mass is 611 g/mol. The molecule has 4 N–H and O–H groups in total. The number of hydrogen-bond donors (Lipinski definition) is 4. The molecule has 0 aliphatic carbocycles. The van der Waals surface area contributed by atoms with Crippen LogP contribution in [0.4, 0.5) is 5.82 Å². The summed E-state index contributed by atoms with van der Waals surface area (Å²) in [5, 5.41) is 30.5. The van der Waals surface area contributed by atoms with Crippen molar-refractivity contribution < 1.29 is 43.5 Å². The maximum absolute atomic E-state index is 11.9. The van der Waals surface area contributed by atoms with Gasteiger partial charge in [0.15, 0.2) is 17.2 Å². The second kappa shape index (κ2) is 16.1. The van der Waals surface area contributed by atoms with Gasteiger partial charge in [0, 0.05) is 31.5 Å². The zero-order chi connectivity index (χ0) is 31.3. The second-order valence-electron chi connectivity index (χ2n) is 9.73. The average molecular weight is 612 g/mol. The normalized spacial score (nSPS) is 16.4. The number of hydrogen-bond acceptors (Lipinski definition) is 13. The van der Waals surface area contributed by atoms with Crippen molar-refractivity contribution in [2.24, 2.45) is 0 Å². The number of ether oxygens (including phenoxy) is 4. The van der Waals surface area contributed by atoms with E-state index in [0.29, 0.717) is 67.1 Å². The summed E-state index contributed by atoms with van der Waals surface area (Å²) in [5.41, 5.74) is 1.76. The van der Waals surface area contributed by atoms with E-state index in [1.807, 2.05) is 6.07 Å². The SMILES string of the molecule is N#Cc1ccc(-n2cnc3cc(OCCOCCOC(=O)[C@@H]4CCCN4)c(NC4CCOCC4)nc32)nc1.O=C(O)C(=O)O. The minimum absolute atomic E-state index is 0.196. The van der Waals surface area contributed by atoms with Crippen molar-refractivity contribution in [1.82, 2.24) is 24.8 Å². The highest BCUT2D eigenvalue weighted by molar-refractivity contribution is 6.27. The van der Waals surface area contributed by atoms with Crippen LogP contribution in [-0.4, -0.2) is 106 Å². The number of fused-ring (bicyclic) bond motifs is 1. The van der Waals surface area contributed by atoms with Gasteiger partial charge in [-0.25, -0.2) is 24.5 Å². The van der Waals surface area contributed by atoms with Crippen LogP contribution in [0.25, 0.3) is 17.0 Å². The van der Waals surface area contributed by atoms with Crippen LogP contribution in [0.15, 0.2) is 30.7 Å². The van der Waals surface area contributed by atoms with E-state index in [1.165, 1.54) is 6.20 Å². The van der Waals surface area contributed by atoms with Crippen molar-refractivity contribution in [2.75, 3.05) is 51.5 Å². The van der Waals surface area contributed by atoms with Gasteiger partial charge in [-0.15, -0.1) is 0 Å². The molecule has 3 aromatic heterocycles. The fourth-order valence-electron chi connectivity index (χ4n) is 4.43. The van der Waals surface area contributed by atoms with Crippen molar-refractivity contribution >= 4 is 34.9 Å². The van der Waals surface area contributed by atoms with Crippen molar-refractivity contribution in [1.29, 1.82) is 5.26 Å². The van der Waals surface area contributed by atoms with Crippen LogP contribution < -0.4 is 15.4 Å². The summed E-state index contributed by atoms with van der Waals surface area (Å²) in [6.07, 6.45) is 6.72. The summed E-state index contributed by atoms with van der Waals surface area (Å²) in [7, 11) is 0. The first-order valence-corrected chi connectivity index (χ1v) is 14.0. The number of imidazole rings is 1. The molecule has 1 atom stereocenters. The molecule has 2 saturated heterocycles. The number of carboxylic acids is 2. The Balaban J connectivity index is 0.000000670. The Morgan fingerprint density at radius 3 is 2.52 bits per heavy atom. The Labute approximate surface area is 251 Å². The molecule has 2 aliphatic rings. The fraction of sp³-hybridized carbons (Fsp3) is 0.464. The molecule has 5 heterocycles. The molecule has 3 aromatic rings. The van der Waals surface area contributed by atoms with Crippen LogP contribution in [0.5, 0.6) is 5.75 Å². The highest BCUT2D eigenvalue weighted by Crippen LogP contribution is 2.29. The first-order chi connectivity index (χ1) is 21.4. The summed E-state index contributed by atoms with van der Waals surface area (Å²) >= 11 is 0. The first-order valence-electron chi connectivity index (χ1n) is 14.0. The minimum Gasteiger partial charge on any atom is -0.487 e. The summed E-state index contributed by atoms with van der Waals surface area (Å²) in [5.74, 6) is -2.07. The largest absolute Gasteiger partial charge is 0.487 e. The molecule has 16 nitrogen and oxygen atoms in total. The Morgan fingerprint density at radius 2 is 1.86 bits per heavy atom. The van der Waals surface area contributed by atoms with Crippen LogP contribution in [-0.2, 0) is 28.6 Å². The van der Waals surface area contributed by atoms with Gasteiger partial charge in [-0.2, -0.15) is 5.26 Å². The van der Waals surface area contributed by atoms with E-state index in [1.54, 1.807) is 23.0 Å². The highest BCUT2D eigenvalue weighted by Gasteiger charge is 2.23. The number of carbonyl (C=O) groups excluding carboxylic acids is 1. The van der Waals surface area contributed by atoms with Crippen molar-refractivity contribution in [2.45, 2.75) is 37.8 Å². The van der Waals surface area contributed by atoms with E-state index in [9.17, 15) is 4.79 Å². The zero-order valence-corrected chi connectivity index (χ0v) is 23.8. The number of carbonyl (C=O) groups is 3. The molecule has 0 bridgehead atoms. The number of pyridine rings is 2. The van der Waals surface area contributed by atoms with E-state index in [2.05, 4.69) is 26.7 Å². The number of esters is 1. The number of nitrogens with one attached hydrogen (secondary N) is 2. The van der Waals surface area contributed by atoms with Crippen LogP contribution in [0.2, 0.25) is 0 Å². The van der Waals surface area contributed by atoms with Crippen molar-refractivity contribution in [3.8, 4) is 17.6 Å². The number of nitrogens with zero attached hydrogens (tertiary/aromatic N) is 5. The molecule has 5 rings (SSSR count). The van der Waals surface area contributed by atoms with E-state index >= 15 is 0 Å². The van der Waals surface area contributed by atoms with E-state index in [4.69, 9.17) is 49.0 Å². The second-order valence-corrected chi connectivity index (χ2v) is 9.73. The van der Waals surface area contributed by atoms with Gasteiger partial charge < -0.3 is 39.8 Å². The van der Waals surface area contributed by atoms with Crippen LogP contribution in [0.1, 0.15) is 31.2 Å². The Bertz CT molecular complexity index is 1450. The smallest absolute Gasteiger partial charge is 0.414 e. The molecule has 44 heavy (non-hydrogen) atoms. The first kappa shape index (κ1) is 32.1. The standard InChI is InChI=1S/C26H31N7O5.C2H2O4/c27-15-18-3-4-23(29-16-18)33-17-30-21-14-22(24(32-25(21)33)31-19-5-8-35-9-6-19)37-12-10-36-11-13-38-26(34)20-2-1-7-28-20;3-1(4)2(5)6/h3-4,14,16-17,19-20,28H,1-2,5-13H2,(H,31,32);(H,3,4)(H,5,6)/t20-;/m0./s1. The molecule has 0 amide bonds. The number of aromatic nitrogens is 4. The van der Waals surface area contributed by atoms with Crippen LogP contribution in [0, 0.1) is 11.3 Å². The van der Waals surface area contributed by atoms with Crippen molar-refractivity contribution in [3.05, 3.63) is 36.3 Å². The van der Waals surface area contributed by atoms with E-state index in [0.717, 1.165) is 32.2 Å². The lowest BCUT2D eigenvalue weighted by Gasteiger charge is -2.24. The maximum atomic E-state index is 11.9.